The topological polar surface area (TPSA) is 38.0 Å². The Hall–Kier alpha value is -6.66. The van der Waals surface area contributed by atoms with Gasteiger partial charge in [-0.25, -0.2) is 4.85 Å². The van der Waals surface area contributed by atoms with E-state index in [9.17, 15) is 5.26 Å². The summed E-state index contributed by atoms with van der Waals surface area (Å²) in [5.41, 5.74) is 15.9. The highest BCUT2D eigenvalue weighted by Crippen LogP contribution is 2.53. The molecule has 0 fully saturated rings. The van der Waals surface area contributed by atoms with Crippen molar-refractivity contribution in [1.82, 2.24) is 9.13 Å². The van der Waals surface area contributed by atoms with Crippen LogP contribution in [-0.4, -0.2) is 17.2 Å². The van der Waals surface area contributed by atoms with E-state index in [0.717, 1.165) is 27.5 Å². The summed E-state index contributed by atoms with van der Waals surface area (Å²) in [7, 11) is -1.99. The number of hydrogen-bond donors (Lipinski definition) is 0. The summed E-state index contributed by atoms with van der Waals surface area (Å²) in [6, 6.07) is 50.7. The fourth-order valence-electron chi connectivity index (χ4n) is 10.1. The van der Waals surface area contributed by atoms with Gasteiger partial charge in [-0.2, -0.15) is 5.26 Å². The van der Waals surface area contributed by atoms with Gasteiger partial charge in [-0.15, -0.1) is 0 Å². The third kappa shape index (κ3) is 3.84. The van der Waals surface area contributed by atoms with Gasteiger partial charge in [0.05, 0.1) is 40.3 Å². The lowest BCUT2D eigenvalue weighted by Gasteiger charge is -2.22. The first kappa shape index (κ1) is 30.9. The summed E-state index contributed by atoms with van der Waals surface area (Å²) in [5.74, 6) is 0. The highest BCUT2D eigenvalue weighted by Gasteiger charge is 2.40. The quantitative estimate of drug-likeness (QED) is 0.130. The van der Waals surface area contributed by atoms with Crippen LogP contribution < -0.4 is 10.4 Å². The average Bonchev–Trinajstić information content (AvgIpc) is 3.85. The highest BCUT2D eigenvalue weighted by atomic mass is 28.3. The largest absolute Gasteiger partial charge is 0.309 e. The SMILES string of the molecule is [C-]#[N+]c1ccc2c(c1)c1cc(C#N)ccc1n2-c1ccc2c(c1)-c1cc(-n3c4ccccc4c4c5c(ccc43)-c3ccccc3C5(C)C)ccc1[Si]2(C)C. The molecule has 3 heterocycles. The standard InChI is InChI=1S/C49H34N4Si/c1-49(2)40-12-8-6-10-33(40)34-18-21-44-47(48(34)49)35-11-7-9-13-41(35)53(44)32-17-23-46-39(27-32)38-26-31(16-22-45(38)54(46,4)5)52-42-19-14-29(28-50)24-36(42)37-25-30(51-3)15-20-43(37)52/h6-27H,1-2,4-5H3. The van der Waals surface area contributed by atoms with Crippen LogP contribution in [0.2, 0.25) is 13.1 Å². The van der Waals surface area contributed by atoms with E-state index in [-0.39, 0.29) is 5.41 Å². The summed E-state index contributed by atoms with van der Waals surface area (Å²) in [6.45, 7) is 17.4. The van der Waals surface area contributed by atoms with E-state index in [2.05, 4.69) is 144 Å². The number of nitrogens with zero attached hydrogens (tertiary/aromatic N) is 4. The minimum Gasteiger partial charge on any atom is -0.309 e. The average molecular weight is 707 g/mol. The van der Waals surface area contributed by atoms with Crippen LogP contribution >= 0.6 is 0 Å². The van der Waals surface area contributed by atoms with Gasteiger partial charge in [0, 0.05) is 32.9 Å². The van der Waals surface area contributed by atoms with Gasteiger partial charge in [-0.3, -0.25) is 0 Å². The van der Waals surface area contributed by atoms with E-state index in [1.54, 1.807) is 0 Å². The fraction of sp³-hybridized carbons (Fsp3) is 0.102. The lowest BCUT2D eigenvalue weighted by Crippen LogP contribution is -2.49. The summed E-state index contributed by atoms with van der Waals surface area (Å²) in [4.78, 5) is 3.72. The molecule has 2 aromatic heterocycles. The monoisotopic (exact) mass is 706 g/mol. The molecule has 0 N–H and O–H groups in total. The molecule has 9 aromatic rings. The van der Waals surface area contributed by atoms with Crippen molar-refractivity contribution in [2.45, 2.75) is 32.4 Å². The Kier molecular flexibility index (Phi) is 6.00. The van der Waals surface area contributed by atoms with Crippen molar-refractivity contribution >= 4 is 67.7 Å². The van der Waals surface area contributed by atoms with Crippen LogP contribution in [0.25, 0.3) is 82.1 Å². The van der Waals surface area contributed by atoms with Crippen molar-refractivity contribution < 1.29 is 0 Å². The second-order valence-corrected chi connectivity index (χ2v) is 20.3. The summed E-state index contributed by atoms with van der Waals surface area (Å²) >= 11 is 0. The molecule has 0 saturated carbocycles. The third-order valence-corrected chi connectivity index (χ3v) is 16.1. The van der Waals surface area contributed by atoms with Crippen LogP contribution in [0.1, 0.15) is 30.5 Å². The summed E-state index contributed by atoms with van der Waals surface area (Å²) in [6.07, 6.45) is 0. The van der Waals surface area contributed by atoms with Crippen LogP contribution in [0.15, 0.2) is 133 Å². The minimum absolute atomic E-state index is 0.121. The molecule has 254 valence electrons. The van der Waals surface area contributed by atoms with Gasteiger partial charge in [-0.05, 0) is 116 Å². The van der Waals surface area contributed by atoms with E-state index < -0.39 is 8.07 Å². The van der Waals surface area contributed by atoms with E-state index in [1.807, 2.05) is 36.4 Å². The van der Waals surface area contributed by atoms with Crippen molar-refractivity contribution in [2.24, 2.45) is 0 Å². The Balaban J connectivity index is 1.14. The van der Waals surface area contributed by atoms with Crippen LogP contribution in [0.3, 0.4) is 0 Å². The first-order valence-electron chi connectivity index (χ1n) is 18.5. The number of aromatic nitrogens is 2. The molecule has 0 unspecified atom stereocenters. The zero-order valence-electron chi connectivity index (χ0n) is 30.5. The van der Waals surface area contributed by atoms with Crippen LogP contribution in [-0.2, 0) is 5.41 Å². The van der Waals surface area contributed by atoms with Crippen LogP contribution in [0.4, 0.5) is 5.69 Å². The lowest BCUT2D eigenvalue weighted by atomic mass is 9.80. The molecule has 0 radical (unpaired) electrons. The first-order chi connectivity index (χ1) is 26.2. The maximum atomic E-state index is 9.75. The Morgan fingerprint density at radius 1 is 0.593 bits per heavy atom. The van der Waals surface area contributed by atoms with Gasteiger partial charge in [0.1, 0.15) is 8.07 Å². The molecule has 54 heavy (non-hydrogen) atoms. The van der Waals surface area contributed by atoms with Crippen LogP contribution in [0.5, 0.6) is 0 Å². The molecule has 0 saturated heterocycles. The van der Waals surface area contributed by atoms with Gasteiger partial charge >= 0.3 is 0 Å². The Labute approximate surface area is 314 Å². The molecule has 2 aliphatic rings. The Bertz CT molecular complexity index is 3180. The zero-order chi connectivity index (χ0) is 36.7. The summed E-state index contributed by atoms with van der Waals surface area (Å²) in [5, 5.41) is 17.2. The van der Waals surface area contributed by atoms with Gasteiger partial charge in [-0.1, -0.05) is 93.7 Å². The van der Waals surface area contributed by atoms with Gasteiger partial charge in [0.15, 0.2) is 5.69 Å². The molecule has 1 aliphatic carbocycles. The first-order valence-corrected chi connectivity index (χ1v) is 21.5. The van der Waals surface area contributed by atoms with Crippen molar-refractivity contribution in [1.29, 1.82) is 5.26 Å². The van der Waals surface area contributed by atoms with Crippen molar-refractivity contribution in [3.63, 3.8) is 0 Å². The van der Waals surface area contributed by atoms with E-state index in [0.29, 0.717) is 11.3 Å². The highest BCUT2D eigenvalue weighted by molar-refractivity contribution is 7.03. The van der Waals surface area contributed by atoms with E-state index in [1.165, 1.54) is 71.2 Å². The molecular weight excluding hydrogens is 673 g/mol. The normalized spacial score (nSPS) is 14.6. The number of rotatable bonds is 2. The van der Waals surface area contributed by atoms with Crippen LogP contribution in [0, 0.1) is 17.9 Å². The molecule has 1 aliphatic heterocycles. The van der Waals surface area contributed by atoms with E-state index >= 15 is 0 Å². The molecule has 7 aromatic carbocycles. The maximum Gasteiger partial charge on any atom is 0.188 e. The Morgan fingerprint density at radius 3 is 1.93 bits per heavy atom. The van der Waals surface area contributed by atoms with Crippen molar-refractivity contribution in [2.75, 3.05) is 0 Å². The molecular formula is C49H34N4Si. The smallest absolute Gasteiger partial charge is 0.188 e. The zero-order valence-corrected chi connectivity index (χ0v) is 31.5. The third-order valence-electron chi connectivity index (χ3n) is 12.5. The van der Waals surface area contributed by atoms with Gasteiger partial charge < -0.3 is 9.13 Å². The lowest BCUT2D eigenvalue weighted by molar-refractivity contribution is 0.666. The second kappa shape index (κ2) is 10.5. The molecule has 11 rings (SSSR count). The number of benzene rings is 7. The Morgan fingerprint density at radius 2 is 1.20 bits per heavy atom. The molecule has 4 nitrogen and oxygen atoms in total. The number of para-hydroxylation sites is 1. The van der Waals surface area contributed by atoms with Crippen molar-refractivity contribution in [3.05, 3.63) is 162 Å². The minimum atomic E-state index is -1.99. The summed E-state index contributed by atoms with van der Waals surface area (Å²) < 4.78 is 4.78. The second-order valence-electron chi connectivity index (χ2n) is 16.0. The molecule has 5 heteroatoms. The maximum absolute atomic E-state index is 9.75. The fourth-order valence-corrected chi connectivity index (χ4v) is 13.1. The molecule has 0 bridgehead atoms. The number of nitriles is 1. The van der Waals surface area contributed by atoms with Gasteiger partial charge in [0.2, 0.25) is 0 Å². The molecule has 0 spiro atoms. The number of hydrogen-bond acceptors (Lipinski definition) is 1. The molecule has 0 amide bonds. The molecule has 0 atom stereocenters. The van der Waals surface area contributed by atoms with E-state index in [4.69, 9.17) is 6.57 Å². The van der Waals surface area contributed by atoms with Gasteiger partial charge in [0.25, 0.3) is 0 Å². The number of fused-ring (bicyclic) bond motifs is 13. The predicted molar refractivity (Wildman–Crippen MR) is 226 cm³/mol. The predicted octanol–water partition coefficient (Wildman–Crippen LogP) is 11.4. The van der Waals surface area contributed by atoms with Crippen molar-refractivity contribution in [3.8, 4) is 39.7 Å².